The van der Waals surface area contributed by atoms with Gasteiger partial charge in [0.2, 0.25) is 0 Å². The van der Waals surface area contributed by atoms with Gasteiger partial charge in [-0.2, -0.15) is 0 Å². The van der Waals surface area contributed by atoms with E-state index in [2.05, 4.69) is 21.2 Å². The Morgan fingerprint density at radius 3 is 2.94 bits per heavy atom. The number of hydrogen-bond acceptors (Lipinski definition) is 1. The van der Waals surface area contributed by atoms with Gasteiger partial charge in [-0.3, -0.25) is 0 Å². The van der Waals surface area contributed by atoms with Crippen LogP contribution in [0.15, 0.2) is 16.6 Å². The fourth-order valence-corrected chi connectivity index (χ4v) is 2.73. The topological polar surface area (TPSA) is 12.0 Å². The van der Waals surface area contributed by atoms with Crippen molar-refractivity contribution in [3.63, 3.8) is 0 Å². The van der Waals surface area contributed by atoms with Crippen molar-refractivity contribution in [2.24, 2.45) is 0 Å². The average Bonchev–Trinajstić information content (AvgIpc) is 2.31. The molecule has 1 nitrogen and oxygen atoms in total. The van der Waals surface area contributed by atoms with Crippen LogP contribution in [-0.4, -0.2) is 12.6 Å². The number of rotatable bonds is 2. The Labute approximate surface area is 105 Å². The third-order valence-corrected chi connectivity index (χ3v) is 4.35. The van der Waals surface area contributed by atoms with E-state index in [1.807, 2.05) is 13.0 Å². The minimum Gasteiger partial charge on any atom is -0.314 e. The van der Waals surface area contributed by atoms with Crippen LogP contribution in [0.3, 0.4) is 0 Å². The van der Waals surface area contributed by atoms with E-state index in [1.165, 1.54) is 12.8 Å². The van der Waals surface area contributed by atoms with Crippen molar-refractivity contribution in [2.75, 3.05) is 6.54 Å². The van der Waals surface area contributed by atoms with Crippen LogP contribution in [0.2, 0.25) is 0 Å². The molecule has 0 bridgehead atoms. The predicted molar refractivity (Wildman–Crippen MR) is 68.2 cm³/mol. The quantitative estimate of drug-likeness (QED) is 0.876. The smallest absolute Gasteiger partial charge is 0.127 e. The summed E-state index contributed by atoms with van der Waals surface area (Å²) in [4.78, 5) is 0. The van der Waals surface area contributed by atoms with Gasteiger partial charge in [0.1, 0.15) is 5.82 Å². The van der Waals surface area contributed by atoms with Crippen LogP contribution in [0.4, 0.5) is 4.39 Å². The van der Waals surface area contributed by atoms with Gasteiger partial charge < -0.3 is 5.32 Å². The summed E-state index contributed by atoms with van der Waals surface area (Å²) >= 11 is 3.49. The second-order valence-corrected chi connectivity index (χ2v) is 5.30. The van der Waals surface area contributed by atoms with Gasteiger partial charge >= 0.3 is 0 Å². The Hall–Kier alpha value is -0.410. The molecule has 1 aliphatic heterocycles. The van der Waals surface area contributed by atoms with E-state index in [9.17, 15) is 4.39 Å². The highest BCUT2D eigenvalue weighted by Crippen LogP contribution is 2.26. The van der Waals surface area contributed by atoms with Gasteiger partial charge in [0.15, 0.2) is 0 Å². The molecule has 88 valence electrons. The molecular formula is C13H17BrFN. The van der Waals surface area contributed by atoms with Crippen molar-refractivity contribution < 1.29 is 4.39 Å². The Balaban J connectivity index is 2.16. The van der Waals surface area contributed by atoms with Crippen molar-refractivity contribution in [3.8, 4) is 0 Å². The van der Waals surface area contributed by atoms with Crippen molar-refractivity contribution >= 4 is 15.9 Å². The lowest BCUT2D eigenvalue weighted by Gasteiger charge is -2.24. The zero-order chi connectivity index (χ0) is 11.5. The average molecular weight is 286 g/mol. The predicted octanol–water partition coefficient (Wildman–Crippen LogP) is 3.58. The first-order valence-electron chi connectivity index (χ1n) is 5.85. The molecule has 0 aromatic heterocycles. The maximum absolute atomic E-state index is 13.7. The van der Waals surface area contributed by atoms with Gasteiger partial charge in [0.25, 0.3) is 0 Å². The molecule has 1 fully saturated rings. The van der Waals surface area contributed by atoms with Gasteiger partial charge in [-0.05, 0) is 44.4 Å². The first-order chi connectivity index (χ1) is 7.68. The Bertz CT molecular complexity index is 372. The minimum atomic E-state index is -0.0927. The Morgan fingerprint density at radius 2 is 2.25 bits per heavy atom. The van der Waals surface area contributed by atoms with E-state index in [-0.39, 0.29) is 5.82 Å². The van der Waals surface area contributed by atoms with Crippen LogP contribution in [0.1, 0.15) is 30.4 Å². The summed E-state index contributed by atoms with van der Waals surface area (Å²) in [5.74, 6) is -0.0927. The third kappa shape index (κ3) is 2.64. The van der Waals surface area contributed by atoms with E-state index >= 15 is 0 Å². The number of aryl methyl sites for hydroxylation is 1. The van der Waals surface area contributed by atoms with Gasteiger partial charge in [-0.15, -0.1) is 0 Å². The first kappa shape index (κ1) is 12.1. The second-order valence-electron chi connectivity index (χ2n) is 4.51. The number of halogens is 2. The van der Waals surface area contributed by atoms with E-state index in [4.69, 9.17) is 0 Å². The fourth-order valence-electron chi connectivity index (χ4n) is 2.25. The maximum atomic E-state index is 13.7. The maximum Gasteiger partial charge on any atom is 0.127 e. The van der Waals surface area contributed by atoms with Crippen LogP contribution in [0.25, 0.3) is 0 Å². The molecule has 1 aliphatic rings. The van der Waals surface area contributed by atoms with Gasteiger partial charge in [-0.1, -0.05) is 28.4 Å². The molecule has 0 aliphatic carbocycles. The third-order valence-electron chi connectivity index (χ3n) is 3.24. The molecule has 0 radical (unpaired) electrons. The largest absolute Gasteiger partial charge is 0.314 e. The number of nitrogens with one attached hydrogen (secondary N) is 1. The number of piperidine rings is 1. The molecule has 1 aromatic rings. The van der Waals surface area contributed by atoms with Crippen molar-refractivity contribution in [1.82, 2.24) is 5.32 Å². The molecule has 1 aromatic carbocycles. The highest BCUT2D eigenvalue weighted by molar-refractivity contribution is 9.10. The lowest BCUT2D eigenvalue weighted by molar-refractivity contribution is 0.394. The molecule has 0 amide bonds. The fraction of sp³-hybridized carbons (Fsp3) is 0.538. The highest BCUT2D eigenvalue weighted by Gasteiger charge is 2.17. The summed E-state index contributed by atoms with van der Waals surface area (Å²) in [5, 5.41) is 3.45. The monoisotopic (exact) mass is 285 g/mol. The van der Waals surface area contributed by atoms with E-state index in [0.29, 0.717) is 6.04 Å². The van der Waals surface area contributed by atoms with Gasteiger partial charge in [0.05, 0.1) is 0 Å². The summed E-state index contributed by atoms with van der Waals surface area (Å²) < 4.78 is 14.7. The zero-order valence-corrected chi connectivity index (χ0v) is 11.1. The number of hydrogen-bond donors (Lipinski definition) is 1. The molecule has 0 saturated carbocycles. The first-order valence-corrected chi connectivity index (χ1v) is 6.64. The van der Waals surface area contributed by atoms with Gasteiger partial charge in [-0.25, -0.2) is 4.39 Å². The van der Waals surface area contributed by atoms with Crippen LogP contribution in [0, 0.1) is 12.7 Å². The Morgan fingerprint density at radius 1 is 1.44 bits per heavy atom. The zero-order valence-electron chi connectivity index (χ0n) is 9.52. The summed E-state index contributed by atoms with van der Waals surface area (Å²) in [5.41, 5.74) is 1.92. The molecule has 2 rings (SSSR count). The van der Waals surface area contributed by atoms with Crippen LogP contribution < -0.4 is 5.32 Å². The number of benzene rings is 1. The second kappa shape index (κ2) is 5.28. The van der Waals surface area contributed by atoms with Crippen molar-refractivity contribution in [3.05, 3.63) is 33.5 Å². The lowest BCUT2D eigenvalue weighted by Crippen LogP contribution is -2.35. The Kier molecular flexibility index (Phi) is 3.98. The van der Waals surface area contributed by atoms with Crippen molar-refractivity contribution in [1.29, 1.82) is 0 Å². The summed E-state index contributed by atoms with van der Waals surface area (Å²) in [6.45, 7) is 3.07. The van der Waals surface area contributed by atoms with E-state index in [0.717, 1.165) is 35.0 Å². The molecule has 1 unspecified atom stereocenters. The molecular weight excluding hydrogens is 269 g/mol. The summed E-state index contributed by atoms with van der Waals surface area (Å²) in [6, 6.07) is 3.82. The standard InChI is InChI=1S/C13H17BrFN/c1-9-5-6-12(15)11(13(9)14)8-10-4-2-3-7-16-10/h5-6,10,16H,2-4,7-8H2,1H3. The normalized spacial score (nSPS) is 21.1. The van der Waals surface area contributed by atoms with Gasteiger partial charge in [0, 0.05) is 16.1 Å². The molecule has 1 N–H and O–H groups in total. The molecule has 0 spiro atoms. The van der Waals surface area contributed by atoms with Crippen LogP contribution in [-0.2, 0) is 6.42 Å². The van der Waals surface area contributed by atoms with Crippen LogP contribution in [0.5, 0.6) is 0 Å². The van der Waals surface area contributed by atoms with Crippen molar-refractivity contribution in [2.45, 2.75) is 38.6 Å². The summed E-state index contributed by atoms with van der Waals surface area (Å²) in [7, 11) is 0. The summed E-state index contributed by atoms with van der Waals surface area (Å²) in [6.07, 6.45) is 4.44. The minimum absolute atomic E-state index is 0.0927. The highest BCUT2D eigenvalue weighted by atomic mass is 79.9. The molecule has 3 heteroatoms. The molecule has 1 saturated heterocycles. The molecule has 1 heterocycles. The van der Waals surface area contributed by atoms with E-state index in [1.54, 1.807) is 6.07 Å². The molecule has 16 heavy (non-hydrogen) atoms. The SMILES string of the molecule is Cc1ccc(F)c(CC2CCCCN2)c1Br. The van der Waals surface area contributed by atoms with E-state index < -0.39 is 0 Å². The molecule has 1 atom stereocenters. The van der Waals surface area contributed by atoms with Crippen LogP contribution >= 0.6 is 15.9 Å². The lowest BCUT2D eigenvalue weighted by atomic mass is 9.96.